The van der Waals surface area contributed by atoms with E-state index in [1.165, 1.54) is 0 Å². The molecule has 4 heteroatoms. The van der Waals surface area contributed by atoms with Gasteiger partial charge in [0.2, 0.25) is 0 Å². The summed E-state index contributed by atoms with van der Waals surface area (Å²) >= 11 is 0. The van der Waals surface area contributed by atoms with Gasteiger partial charge in [0.25, 0.3) is 0 Å². The van der Waals surface area contributed by atoms with Gasteiger partial charge in [0.1, 0.15) is 6.61 Å². The van der Waals surface area contributed by atoms with Crippen LogP contribution in [0, 0.1) is 0 Å². The molecule has 0 rings (SSSR count). The summed E-state index contributed by atoms with van der Waals surface area (Å²) < 4.78 is 10.7. The summed E-state index contributed by atoms with van der Waals surface area (Å²) in [5.41, 5.74) is -0.192. The Balaban J connectivity index is 4.20. The summed E-state index contributed by atoms with van der Waals surface area (Å²) in [7, 11) is 0. The van der Waals surface area contributed by atoms with E-state index in [0.29, 0.717) is 12.0 Å². The Bertz CT molecular complexity index is 288. The second-order valence-electron chi connectivity index (χ2n) is 5.13. The average Bonchev–Trinajstić information content (AvgIpc) is 2.34. The molecule has 2 unspecified atom stereocenters. The first-order valence-electron chi connectivity index (χ1n) is 7.02. The van der Waals surface area contributed by atoms with Crippen molar-refractivity contribution in [3.63, 3.8) is 0 Å². The fourth-order valence-corrected chi connectivity index (χ4v) is 1.94. The number of carbonyl (C=O) groups excluding carboxylic acids is 1. The molecule has 0 heterocycles. The Morgan fingerprint density at radius 3 is 2.42 bits per heavy atom. The zero-order valence-electron chi connectivity index (χ0n) is 12.7. The highest BCUT2D eigenvalue weighted by atomic mass is 16.6. The number of esters is 1. The Morgan fingerprint density at radius 1 is 1.32 bits per heavy atom. The lowest BCUT2D eigenvalue weighted by molar-refractivity contribution is -0.150. The minimum absolute atomic E-state index is 0.184. The van der Waals surface area contributed by atoms with Crippen LogP contribution in [0.1, 0.15) is 53.4 Å². The molecule has 0 aliphatic rings. The predicted octanol–water partition coefficient (Wildman–Crippen LogP) is 2.84. The molecular formula is C15H28O4. The van der Waals surface area contributed by atoms with Gasteiger partial charge in [0.05, 0.1) is 18.3 Å². The lowest BCUT2D eigenvalue weighted by Crippen LogP contribution is -2.42. The van der Waals surface area contributed by atoms with E-state index in [0.717, 1.165) is 19.3 Å². The molecule has 112 valence electrons. The molecule has 0 aromatic carbocycles. The summed E-state index contributed by atoms with van der Waals surface area (Å²) in [6.45, 7) is 11.6. The number of aliphatic hydroxyl groups excluding tert-OH is 1. The first-order chi connectivity index (χ1) is 8.87. The molecule has 1 N–H and O–H groups in total. The number of rotatable bonds is 10. The van der Waals surface area contributed by atoms with E-state index in [9.17, 15) is 9.90 Å². The Hall–Kier alpha value is -0.870. The third-order valence-electron chi connectivity index (χ3n) is 3.11. The van der Waals surface area contributed by atoms with Gasteiger partial charge in [-0.1, -0.05) is 33.3 Å². The molecule has 2 atom stereocenters. The van der Waals surface area contributed by atoms with Crippen molar-refractivity contribution >= 4 is 5.97 Å². The van der Waals surface area contributed by atoms with E-state index in [1.807, 2.05) is 13.8 Å². The van der Waals surface area contributed by atoms with Gasteiger partial charge >= 0.3 is 5.97 Å². The largest absolute Gasteiger partial charge is 0.460 e. The topological polar surface area (TPSA) is 55.8 Å². The van der Waals surface area contributed by atoms with Gasteiger partial charge < -0.3 is 14.6 Å². The lowest BCUT2D eigenvalue weighted by Gasteiger charge is -2.34. The molecule has 0 saturated heterocycles. The standard InChI is InChI=1S/C15H28O4/c1-6-8-13(16)15(5,9-7-2)19-11-10-18-14(17)12(3)4/h13,16H,3,6-11H2,1-2,4-5H3. The monoisotopic (exact) mass is 272 g/mol. The van der Waals surface area contributed by atoms with Crippen LogP contribution in [0.15, 0.2) is 12.2 Å². The van der Waals surface area contributed by atoms with Gasteiger partial charge in [0.15, 0.2) is 0 Å². The number of aliphatic hydroxyl groups is 1. The second kappa shape index (κ2) is 9.10. The predicted molar refractivity (Wildman–Crippen MR) is 76.0 cm³/mol. The molecule has 0 aliphatic heterocycles. The number of hydrogen-bond acceptors (Lipinski definition) is 4. The third kappa shape index (κ3) is 6.73. The van der Waals surface area contributed by atoms with Crippen LogP contribution in [-0.2, 0) is 14.3 Å². The van der Waals surface area contributed by atoms with Crippen molar-refractivity contribution in [2.45, 2.75) is 65.1 Å². The number of carbonyl (C=O) groups is 1. The molecule has 0 aromatic heterocycles. The van der Waals surface area contributed by atoms with E-state index in [4.69, 9.17) is 9.47 Å². The van der Waals surface area contributed by atoms with Crippen molar-refractivity contribution in [3.8, 4) is 0 Å². The second-order valence-corrected chi connectivity index (χ2v) is 5.13. The summed E-state index contributed by atoms with van der Waals surface area (Å²) in [4.78, 5) is 11.2. The quantitative estimate of drug-likeness (QED) is 0.377. The molecule has 0 bridgehead atoms. The zero-order chi connectivity index (χ0) is 14.9. The van der Waals surface area contributed by atoms with Crippen LogP contribution >= 0.6 is 0 Å². The fourth-order valence-electron chi connectivity index (χ4n) is 1.94. The summed E-state index contributed by atoms with van der Waals surface area (Å²) in [5.74, 6) is -0.407. The maximum atomic E-state index is 11.2. The van der Waals surface area contributed by atoms with Gasteiger partial charge in [-0.25, -0.2) is 4.79 Å². The van der Waals surface area contributed by atoms with Gasteiger partial charge in [0, 0.05) is 5.57 Å². The summed E-state index contributed by atoms with van der Waals surface area (Å²) in [6.07, 6.45) is 2.84. The summed E-state index contributed by atoms with van der Waals surface area (Å²) in [6, 6.07) is 0. The lowest BCUT2D eigenvalue weighted by atomic mass is 9.90. The van der Waals surface area contributed by atoms with Crippen LogP contribution in [0.3, 0.4) is 0 Å². The maximum Gasteiger partial charge on any atom is 0.333 e. The number of hydrogen-bond donors (Lipinski definition) is 1. The molecule has 0 radical (unpaired) electrons. The van der Waals surface area contributed by atoms with Crippen molar-refractivity contribution in [1.29, 1.82) is 0 Å². The van der Waals surface area contributed by atoms with Crippen molar-refractivity contribution in [3.05, 3.63) is 12.2 Å². The van der Waals surface area contributed by atoms with E-state index in [2.05, 4.69) is 13.5 Å². The highest BCUT2D eigenvalue weighted by Gasteiger charge is 2.32. The van der Waals surface area contributed by atoms with Crippen LogP contribution in [-0.4, -0.2) is 36.0 Å². The van der Waals surface area contributed by atoms with Crippen LogP contribution in [0.5, 0.6) is 0 Å². The van der Waals surface area contributed by atoms with Crippen molar-refractivity contribution in [2.75, 3.05) is 13.2 Å². The Kier molecular flexibility index (Phi) is 8.68. The van der Waals surface area contributed by atoms with Gasteiger partial charge in [-0.3, -0.25) is 0 Å². The van der Waals surface area contributed by atoms with Gasteiger partial charge in [-0.15, -0.1) is 0 Å². The Labute approximate surface area is 116 Å². The van der Waals surface area contributed by atoms with Gasteiger partial charge in [-0.2, -0.15) is 0 Å². The maximum absolute atomic E-state index is 11.2. The molecule has 0 aliphatic carbocycles. The normalized spacial score (nSPS) is 15.6. The third-order valence-corrected chi connectivity index (χ3v) is 3.11. The molecule has 0 aromatic rings. The van der Waals surface area contributed by atoms with E-state index in [1.54, 1.807) is 6.92 Å². The van der Waals surface area contributed by atoms with Crippen molar-refractivity contribution < 1.29 is 19.4 Å². The van der Waals surface area contributed by atoms with Crippen LogP contribution in [0.2, 0.25) is 0 Å². The molecular weight excluding hydrogens is 244 g/mol. The van der Waals surface area contributed by atoms with Crippen molar-refractivity contribution in [2.24, 2.45) is 0 Å². The molecule has 0 saturated carbocycles. The average molecular weight is 272 g/mol. The molecule has 0 amide bonds. The van der Waals surface area contributed by atoms with E-state index in [-0.39, 0.29) is 13.2 Å². The summed E-state index contributed by atoms with van der Waals surface area (Å²) in [5, 5.41) is 10.1. The van der Waals surface area contributed by atoms with Crippen LogP contribution in [0.25, 0.3) is 0 Å². The zero-order valence-corrected chi connectivity index (χ0v) is 12.7. The first-order valence-corrected chi connectivity index (χ1v) is 7.02. The van der Waals surface area contributed by atoms with Crippen LogP contribution < -0.4 is 0 Å². The Morgan fingerprint density at radius 2 is 1.95 bits per heavy atom. The SMILES string of the molecule is C=C(C)C(=O)OCCOC(C)(CCC)C(O)CCC. The minimum Gasteiger partial charge on any atom is -0.460 e. The minimum atomic E-state index is -0.569. The van der Waals surface area contributed by atoms with Crippen molar-refractivity contribution in [1.82, 2.24) is 0 Å². The number of ether oxygens (including phenoxy) is 2. The van der Waals surface area contributed by atoms with E-state index < -0.39 is 17.7 Å². The molecule has 0 spiro atoms. The highest BCUT2D eigenvalue weighted by Crippen LogP contribution is 2.25. The highest BCUT2D eigenvalue weighted by molar-refractivity contribution is 5.86. The van der Waals surface area contributed by atoms with Crippen LogP contribution in [0.4, 0.5) is 0 Å². The molecule has 19 heavy (non-hydrogen) atoms. The fraction of sp³-hybridized carbons (Fsp3) is 0.800. The van der Waals surface area contributed by atoms with Gasteiger partial charge in [-0.05, 0) is 26.7 Å². The van der Waals surface area contributed by atoms with E-state index >= 15 is 0 Å². The molecule has 0 fully saturated rings. The smallest absolute Gasteiger partial charge is 0.333 e. The first kappa shape index (κ1) is 18.1. The molecule has 4 nitrogen and oxygen atoms in total.